The summed E-state index contributed by atoms with van der Waals surface area (Å²) in [5.41, 5.74) is 0.572. The van der Waals surface area contributed by atoms with E-state index in [2.05, 4.69) is 63.5 Å². The van der Waals surface area contributed by atoms with Crippen molar-refractivity contribution in [2.24, 2.45) is 10.4 Å². The van der Waals surface area contributed by atoms with E-state index in [1.165, 1.54) is 0 Å². The van der Waals surface area contributed by atoms with Gasteiger partial charge in [-0.3, -0.25) is 4.99 Å². The molecule has 0 bridgehead atoms. The minimum Gasteiger partial charge on any atom is -0.349 e. The van der Waals surface area contributed by atoms with Gasteiger partial charge in [-0.1, -0.05) is 13.8 Å². The zero-order valence-corrected chi connectivity index (χ0v) is 14.0. The number of hydrogen-bond donors (Lipinski definition) is 0. The zero-order chi connectivity index (χ0) is 11.9. The molecule has 0 aromatic heterocycles. The highest BCUT2D eigenvalue weighted by molar-refractivity contribution is 14.0. The van der Waals surface area contributed by atoms with Gasteiger partial charge in [-0.2, -0.15) is 0 Å². The first kappa shape index (κ1) is 16.0. The Bertz CT molecular complexity index is 269. The fourth-order valence-corrected chi connectivity index (χ4v) is 1.99. The van der Waals surface area contributed by atoms with Gasteiger partial charge in [-0.25, -0.2) is 0 Å². The molecule has 1 saturated heterocycles. The monoisotopic (exact) mass is 339 g/mol. The molecule has 0 saturated carbocycles. The van der Waals surface area contributed by atoms with E-state index < -0.39 is 0 Å². The molecule has 16 heavy (non-hydrogen) atoms. The third-order valence-electron chi connectivity index (χ3n) is 3.83. The van der Waals surface area contributed by atoms with Crippen LogP contribution in [0.1, 0.15) is 34.6 Å². The number of guanidine groups is 1. The van der Waals surface area contributed by atoms with Crippen molar-refractivity contribution in [1.29, 1.82) is 0 Å². The van der Waals surface area contributed by atoms with Crippen LogP contribution in [0.15, 0.2) is 4.99 Å². The van der Waals surface area contributed by atoms with Crippen molar-refractivity contribution in [1.82, 2.24) is 9.80 Å². The molecular weight excluding hydrogens is 313 g/mol. The lowest BCUT2D eigenvalue weighted by Gasteiger charge is -2.62. The second-order valence-corrected chi connectivity index (χ2v) is 5.70. The molecule has 3 nitrogen and oxygen atoms in total. The molecule has 0 N–H and O–H groups in total. The van der Waals surface area contributed by atoms with Crippen molar-refractivity contribution in [3.05, 3.63) is 0 Å². The van der Waals surface area contributed by atoms with Gasteiger partial charge in [0, 0.05) is 38.1 Å². The second-order valence-electron chi connectivity index (χ2n) is 5.70. The molecule has 0 spiro atoms. The average Bonchev–Trinajstić information content (AvgIpc) is 2.10. The number of hydrogen-bond acceptors (Lipinski definition) is 1. The molecule has 1 rings (SSSR count). The van der Waals surface area contributed by atoms with Crippen LogP contribution in [0.3, 0.4) is 0 Å². The van der Waals surface area contributed by atoms with Crippen molar-refractivity contribution in [3.8, 4) is 0 Å². The number of aliphatic imine (C=N–C) groups is 1. The van der Waals surface area contributed by atoms with Gasteiger partial charge in [0.15, 0.2) is 5.96 Å². The standard InChI is InChI=1S/C12H25N3.HI/c1-8-13-10(14(6)7)15-9-11(2,3)12(15,4)5;/h8-9H2,1-7H3;1H. The van der Waals surface area contributed by atoms with Gasteiger partial charge in [0.05, 0.1) is 0 Å². The third kappa shape index (κ3) is 2.46. The van der Waals surface area contributed by atoms with Crippen molar-refractivity contribution >= 4 is 29.9 Å². The fraction of sp³-hybridized carbons (Fsp3) is 0.917. The van der Waals surface area contributed by atoms with Crippen LogP contribution in [-0.4, -0.2) is 48.5 Å². The minimum atomic E-state index is 0. The maximum atomic E-state index is 4.58. The third-order valence-corrected chi connectivity index (χ3v) is 3.83. The molecule has 1 heterocycles. The van der Waals surface area contributed by atoms with E-state index in [9.17, 15) is 0 Å². The van der Waals surface area contributed by atoms with Gasteiger partial charge in [-0.05, 0) is 20.8 Å². The molecule has 0 atom stereocenters. The predicted octanol–water partition coefficient (Wildman–Crippen LogP) is 2.66. The summed E-state index contributed by atoms with van der Waals surface area (Å²) in [5, 5.41) is 0. The molecule has 1 fully saturated rings. The van der Waals surface area contributed by atoms with E-state index in [1.807, 2.05) is 0 Å². The normalized spacial score (nSPS) is 22.2. The Morgan fingerprint density at radius 2 is 1.75 bits per heavy atom. The SMILES string of the molecule is CCN=C(N(C)C)N1CC(C)(C)C1(C)C.I. The van der Waals surface area contributed by atoms with E-state index in [0.29, 0.717) is 5.41 Å². The first-order chi connectivity index (χ1) is 6.74. The molecular formula is C12H26IN3. The Morgan fingerprint density at radius 3 is 2.00 bits per heavy atom. The van der Waals surface area contributed by atoms with Crippen molar-refractivity contribution < 1.29 is 0 Å². The highest BCUT2D eigenvalue weighted by Gasteiger charge is 2.54. The lowest BCUT2D eigenvalue weighted by molar-refractivity contribution is -0.0708. The van der Waals surface area contributed by atoms with Crippen molar-refractivity contribution in [3.63, 3.8) is 0 Å². The number of rotatable bonds is 1. The van der Waals surface area contributed by atoms with Crippen LogP contribution in [-0.2, 0) is 0 Å². The van der Waals surface area contributed by atoms with E-state index in [0.717, 1.165) is 19.0 Å². The van der Waals surface area contributed by atoms with Gasteiger partial charge >= 0.3 is 0 Å². The lowest BCUT2D eigenvalue weighted by atomic mass is 9.65. The maximum absolute atomic E-state index is 4.58. The number of likely N-dealkylation sites (tertiary alicyclic amines) is 1. The molecule has 0 radical (unpaired) electrons. The molecule has 0 unspecified atom stereocenters. The quantitative estimate of drug-likeness (QED) is 0.416. The summed E-state index contributed by atoms with van der Waals surface area (Å²) in [6, 6.07) is 0. The molecule has 1 aliphatic rings. The summed E-state index contributed by atoms with van der Waals surface area (Å²) in [6.07, 6.45) is 0. The van der Waals surface area contributed by atoms with E-state index in [4.69, 9.17) is 0 Å². The number of halogens is 1. The van der Waals surface area contributed by atoms with E-state index in [-0.39, 0.29) is 29.5 Å². The Labute approximate surface area is 117 Å². The van der Waals surface area contributed by atoms with Gasteiger partial charge in [0.2, 0.25) is 0 Å². The first-order valence-corrected chi connectivity index (χ1v) is 5.73. The summed E-state index contributed by atoms with van der Waals surface area (Å²) < 4.78 is 0. The van der Waals surface area contributed by atoms with Crippen LogP contribution < -0.4 is 0 Å². The summed E-state index contributed by atoms with van der Waals surface area (Å²) in [6.45, 7) is 13.3. The van der Waals surface area contributed by atoms with Crippen LogP contribution in [0, 0.1) is 5.41 Å². The number of nitrogens with zero attached hydrogens (tertiary/aromatic N) is 3. The molecule has 4 heteroatoms. The molecule has 0 aliphatic carbocycles. The van der Waals surface area contributed by atoms with Gasteiger partial charge in [0.25, 0.3) is 0 Å². The highest BCUT2D eigenvalue weighted by Crippen LogP contribution is 2.46. The van der Waals surface area contributed by atoms with Crippen LogP contribution in [0.2, 0.25) is 0 Å². The molecule has 0 amide bonds. The Morgan fingerprint density at radius 1 is 1.25 bits per heavy atom. The fourth-order valence-electron chi connectivity index (χ4n) is 1.99. The molecule has 0 aromatic carbocycles. The zero-order valence-electron chi connectivity index (χ0n) is 11.7. The lowest BCUT2D eigenvalue weighted by Crippen LogP contribution is -2.72. The largest absolute Gasteiger partial charge is 0.349 e. The molecule has 0 aromatic rings. The molecule has 96 valence electrons. The smallest absolute Gasteiger partial charge is 0.196 e. The topological polar surface area (TPSA) is 18.8 Å². The Balaban J connectivity index is 0.00000225. The van der Waals surface area contributed by atoms with E-state index in [1.54, 1.807) is 0 Å². The predicted molar refractivity (Wildman–Crippen MR) is 81.6 cm³/mol. The van der Waals surface area contributed by atoms with Gasteiger partial charge in [-0.15, -0.1) is 24.0 Å². The van der Waals surface area contributed by atoms with Crippen LogP contribution in [0.4, 0.5) is 0 Å². The average molecular weight is 339 g/mol. The van der Waals surface area contributed by atoms with Crippen molar-refractivity contribution in [2.45, 2.75) is 40.2 Å². The highest BCUT2D eigenvalue weighted by atomic mass is 127. The van der Waals surface area contributed by atoms with Gasteiger partial charge in [0.1, 0.15) is 0 Å². The summed E-state index contributed by atoms with van der Waals surface area (Å²) in [7, 11) is 4.13. The second kappa shape index (κ2) is 5.10. The Kier molecular flexibility index (Phi) is 5.10. The summed E-state index contributed by atoms with van der Waals surface area (Å²) in [5.74, 6) is 1.11. The summed E-state index contributed by atoms with van der Waals surface area (Å²) in [4.78, 5) is 9.09. The maximum Gasteiger partial charge on any atom is 0.196 e. The van der Waals surface area contributed by atoms with Gasteiger partial charge < -0.3 is 9.80 Å². The van der Waals surface area contributed by atoms with Crippen LogP contribution in [0.25, 0.3) is 0 Å². The Hall–Kier alpha value is 0. The minimum absolute atomic E-state index is 0. The first-order valence-electron chi connectivity index (χ1n) is 5.73. The molecule has 1 aliphatic heterocycles. The summed E-state index contributed by atoms with van der Waals surface area (Å²) >= 11 is 0. The van der Waals surface area contributed by atoms with Crippen LogP contribution in [0.5, 0.6) is 0 Å². The van der Waals surface area contributed by atoms with Crippen LogP contribution >= 0.6 is 24.0 Å². The van der Waals surface area contributed by atoms with E-state index >= 15 is 0 Å². The van der Waals surface area contributed by atoms with Crippen molar-refractivity contribution in [2.75, 3.05) is 27.2 Å².